The van der Waals surface area contributed by atoms with E-state index >= 15 is 0 Å². The lowest BCUT2D eigenvalue weighted by Crippen LogP contribution is -2.18. The molecule has 0 unspecified atom stereocenters. The highest BCUT2D eigenvalue weighted by atomic mass is 16.5. The highest BCUT2D eigenvalue weighted by Gasteiger charge is 2.12. The Morgan fingerprint density at radius 1 is 1.33 bits per heavy atom. The molecule has 0 N–H and O–H groups in total. The zero-order chi connectivity index (χ0) is 8.97. The third kappa shape index (κ3) is 1.92. The van der Waals surface area contributed by atoms with E-state index in [1.54, 1.807) is 19.1 Å². The van der Waals surface area contributed by atoms with Crippen molar-refractivity contribution in [3.8, 4) is 0 Å². The first-order valence-electron chi connectivity index (χ1n) is 3.87. The Kier molecular flexibility index (Phi) is 3.00. The molecule has 0 spiro atoms. The molecular weight excluding hydrogens is 152 g/mol. The molecule has 0 aromatic heterocycles. The SMILES string of the molecule is CO[C@@H](C)C(=O)c1ccccc1. The zero-order valence-electron chi connectivity index (χ0n) is 7.28. The van der Waals surface area contributed by atoms with E-state index in [0.717, 1.165) is 0 Å². The fourth-order valence-corrected chi connectivity index (χ4v) is 0.944. The summed E-state index contributed by atoms with van der Waals surface area (Å²) in [6.07, 6.45) is -0.354. The van der Waals surface area contributed by atoms with E-state index in [4.69, 9.17) is 4.74 Å². The van der Waals surface area contributed by atoms with E-state index in [-0.39, 0.29) is 11.9 Å². The van der Waals surface area contributed by atoms with Gasteiger partial charge in [-0.15, -0.1) is 0 Å². The summed E-state index contributed by atoms with van der Waals surface area (Å²) in [6.45, 7) is 1.75. The van der Waals surface area contributed by atoms with Gasteiger partial charge in [0, 0.05) is 12.7 Å². The van der Waals surface area contributed by atoms with Crippen LogP contribution < -0.4 is 0 Å². The van der Waals surface area contributed by atoms with E-state index < -0.39 is 0 Å². The average Bonchev–Trinajstić information content (AvgIpc) is 2.17. The molecule has 1 aromatic rings. The predicted octanol–water partition coefficient (Wildman–Crippen LogP) is 1.90. The van der Waals surface area contributed by atoms with Gasteiger partial charge in [0.1, 0.15) is 6.10 Å². The third-order valence-electron chi connectivity index (χ3n) is 1.78. The van der Waals surface area contributed by atoms with Crippen LogP contribution >= 0.6 is 0 Å². The van der Waals surface area contributed by atoms with Gasteiger partial charge in [-0.1, -0.05) is 30.3 Å². The molecule has 2 heteroatoms. The van der Waals surface area contributed by atoms with E-state index in [1.807, 2.05) is 18.2 Å². The summed E-state index contributed by atoms with van der Waals surface area (Å²) in [5.74, 6) is 0.0260. The number of hydrogen-bond donors (Lipinski definition) is 0. The van der Waals surface area contributed by atoms with Crippen LogP contribution in [0.4, 0.5) is 0 Å². The molecule has 2 nitrogen and oxygen atoms in total. The third-order valence-corrected chi connectivity index (χ3v) is 1.78. The molecular formula is C10H12O2. The van der Waals surface area contributed by atoms with Crippen LogP contribution in [0.5, 0.6) is 0 Å². The number of ether oxygens (including phenoxy) is 1. The van der Waals surface area contributed by atoms with Gasteiger partial charge in [0.15, 0.2) is 5.78 Å². The number of carbonyl (C=O) groups excluding carboxylic acids is 1. The topological polar surface area (TPSA) is 26.3 Å². The summed E-state index contributed by atoms with van der Waals surface area (Å²) in [6, 6.07) is 9.15. The number of ketones is 1. The van der Waals surface area contributed by atoms with Crippen molar-refractivity contribution < 1.29 is 9.53 Å². The average molecular weight is 164 g/mol. The zero-order valence-corrected chi connectivity index (χ0v) is 7.28. The van der Waals surface area contributed by atoms with Crippen LogP contribution in [-0.2, 0) is 4.74 Å². The van der Waals surface area contributed by atoms with Gasteiger partial charge in [0.2, 0.25) is 0 Å². The van der Waals surface area contributed by atoms with Gasteiger partial charge in [-0.25, -0.2) is 0 Å². The summed E-state index contributed by atoms with van der Waals surface area (Å²) >= 11 is 0. The Bertz CT molecular complexity index is 254. The van der Waals surface area contributed by atoms with E-state index in [2.05, 4.69) is 0 Å². The first-order chi connectivity index (χ1) is 5.75. The first-order valence-corrected chi connectivity index (χ1v) is 3.87. The number of Topliss-reactive ketones (excluding diaryl/α,β-unsaturated/α-hetero) is 1. The van der Waals surface area contributed by atoms with Crippen molar-refractivity contribution in [1.82, 2.24) is 0 Å². The van der Waals surface area contributed by atoms with E-state index in [9.17, 15) is 4.79 Å². The minimum atomic E-state index is -0.354. The summed E-state index contributed by atoms with van der Waals surface area (Å²) < 4.78 is 4.92. The molecule has 0 saturated heterocycles. The van der Waals surface area contributed by atoms with Crippen LogP contribution in [-0.4, -0.2) is 19.0 Å². The van der Waals surface area contributed by atoms with E-state index in [1.165, 1.54) is 7.11 Å². The molecule has 0 bridgehead atoms. The van der Waals surface area contributed by atoms with Crippen molar-refractivity contribution in [2.24, 2.45) is 0 Å². The highest BCUT2D eigenvalue weighted by Crippen LogP contribution is 2.04. The molecule has 1 aromatic carbocycles. The minimum absolute atomic E-state index is 0.0260. The van der Waals surface area contributed by atoms with Gasteiger partial charge in [-0.3, -0.25) is 4.79 Å². The molecule has 0 heterocycles. The van der Waals surface area contributed by atoms with Gasteiger partial charge in [-0.05, 0) is 6.92 Å². The van der Waals surface area contributed by atoms with Crippen LogP contribution in [0.1, 0.15) is 17.3 Å². The number of methoxy groups -OCH3 is 1. The maximum atomic E-state index is 11.5. The summed E-state index contributed by atoms with van der Waals surface area (Å²) in [5, 5.41) is 0. The molecule has 1 atom stereocenters. The van der Waals surface area contributed by atoms with Crippen LogP contribution in [0.15, 0.2) is 30.3 Å². The lowest BCUT2D eigenvalue weighted by Gasteiger charge is -2.07. The van der Waals surface area contributed by atoms with Gasteiger partial charge < -0.3 is 4.74 Å². The molecule has 0 radical (unpaired) electrons. The molecule has 0 saturated carbocycles. The smallest absolute Gasteiger partial charge is 0.191 e. The van der Waals surface area contributed by atoms with Gasteiger partial charge in [0.05, 0.1) is 0 Å². The Morgan fingerprint density at radius 3 is 2.42 bits per heavy atom. The molecule has 0 amide bonds. The second-order valence-corrected chi connectivity index (χ2v) is 2.61. The molecule has 0 fully saturated rings. The number of carbonyl (C=O) groups is 1. The van der Waals surface area contributed by atoms with Crippen LogP contribution in [0.2, 0.25) is 0 Å². The van der Waals surface area contributed by atoms with Crippen molar-refractivity contribution in [2.45, 2.75) is 13.0 Å². The van der Waals surface area contributed by atoms with Crippen molar-refractivity contribution in [3.05, 3.63) is 35.9 Å². The molecule has 0 aliphatic heterocycles. The van der Waals surface area contributed by atoms with Gasteiger partial charge in [0.25, 0.3) is 0 Å². The second kappa shape index (κ2) is 4.02. The minimum Gasteiger partial charge on any atom is -0.374 e. The fraction of sp³-hybridized carbons (Fsp3) is 0.300. The van der Waals surface area contributed by atoms with Gasteiger partial charge in [-0.2, -0.15) is 0 Å². The van der Waals surface area contributed by atoms with Crippen LogP contribution in [0.25, 0.3) is 0 Å². The molecule has 0 aliphatic carbocycles. The van der Waals surface area contributed by atoms with Crippen molar-refractivity contribution in [1.29, 1.82) is 0 Å². The first kappa shape index (κ1) is 8.94. The van der Waals surface area contributed by atoms with Crippen molar-refractivity contribution in [2.75, 3.05) is 7.11 Å². The Balaban J connectivity index is 2.79. The standard InChI is InChI=1S/C10H12O2/c1-8(12-2)10(11)9-6-4-3-5-7-9/h3-8H,1-2H3/t8-/m0/s1. The lowest BCUT2D eigenvalue weighted by atomic mass is 10.1. The Morgan fingerprint density at radius 2 is 1.92 bits per heavy atom. The summed E-state index contributed by atoms with van der Waals surface area (Å²) in [7, 11) is 1.53. The molecule has 12 heavy (non-hydrogen) atoms. The molecule has 64 valence electrons. The number of rotatable bonds is 3. The summed E-state index contributed by atoms with van der Waals surface area (Å²) in [5.41, 5.74) is 0.701. The number of hydrogen-bond acceptors (Lipinski definition) is 2. The van der Waals surface area contributed by atoms with Gasteiger partial charge >= 0.3 is 0 Å². The highest BCUT2D eigenvalue weighted by molar-refractivity contribution is 5.99. The van der Waals surface area contributed by atoms with Crippen molar-refractivity contribution >= 4 is 5.78 Å². The summed E-state index contributed by atoms with van der Waals surface area (Å²) in [4.78, 5) is 11.5. The van der Waals surface area contributed by atoms with Crippen molar-refractivity contribution in [3.63, 3.8) is 0 Å². The molecule has 1 rings (SSSR count). The quantitative estimate of drug-likeness (QED) is 0.638. The largest absolute Gasteiger partial charge is 0.374 e. The Hall–Kier alpha value is -1.15. The van der Waals surface area contributed by atoms with E-state index in [0.29, 0.717) is 5.56 Å². The maximum Gasteiger partial charge on any atom is 0.191 e. The lowest BCUT2D eigenvalue weighted by molar-refractivity contribution is 0.0655. The second-order valence-electron chi connectivity index (χ2n) is 2.61. The number of benzene rings is 1. The maximum absolute atomic E-state index is 11.5. The monoisotopic (exact) mass is 164 g/mol. The fourth-order valence-electron chi connectivity index (χ4n) is 0.944. The normalized spacial score (nSPS) is 12.5. The molecule has 0 aliphatic rings. The predicted molar refractivity (Wildman–Crippen MR) is 47.2 cm³/mol. The van der Waals surface area contributed by atoms with Crippen LogP contribution in [0, 0.1) is 0 Å². The van der Waals surface area contributed by atoms with Crippen LogP contribution in [0.3, 0.4) is 0 Å². The Labute approximate surface area is 72.2 Å².